The lowest BCUT2D eigenvalue weighted by molar-refractivity contribution is -0.116. The first kappa shape index (κ1) is 25.4. The van der Waals surface area contributed by atoms with E-state index in [0.717, 1.165) is 16.7 Å². The number of anilines is 1. The van der Waals surface area contributed by atoms with Crippen LogP contribution in [0.4, 0.5) is 5.82 Å². The number of aromatic nitrogens is 1. The largest absolute Gasteiger partial charge is 0.507 e. The van der Waals surface area contributed by atoms with Crippen LogP contribution in [0.25, 0.3) is 0 Å². The number of Topliss-reactive ketones (excluding diaryl/α,β-unsaturated/α-hetero) is 1. The second-order valence-corrected chi connectivity index (χ2v) is 11.0. The average molecular weight is 465 g/mol. The molecule has 2 heterocycles. The molecule has 0 bridgehead atoms. The molecule has 0 saturated carbocycles. The number of fused-ring (bicyclic) bond motifs is 1. The zero-order chi connectivity index (χ0) is 25.6. The molecule has 34 heavy (non-hydrogen) atoms. The number of nitrogens with zero attached hydrogens (tertiary/aromatic N) is 3. The summed E-state index contributed by atoms with van der Waals surface area (Å²) >= 11 is 0. The predicted octanol–water partition coefficient (Wildman–Crippen LogP) is 4.78. The first-order valence-electron chi connectivity index (χ1n) is 11.7. The first-order valence-corrected chi connectivity index (χ1v) is 11.7. The van der Waals surface area contributed by atoms with Crippen molar-refractivity contribution in [2.75, 3.05) is 18.0 Å². The van der Waals surface area contributed by atoms with Gasteiger partial charge in [0.05, 0.1) is 6.54 Å². The van der Waals surface area contributed by atoms with Gasteiger partial charge in [-0.2, -0.15) is 0 Å². The van der Waals surface area contributed by atoms with Crippen molar-refractivity contribution < 1.29 is 14.7 Å². The Bertz CT molecular complexity index is 1120. The maximum absolute atomic E-state index is 13.4. The number of amides is 1. The third-order valence-corrected chi connectivity index (χ3v) is 6.22. The summed E-state index contributed by atoms with van der Waals surface area (Å²) in [6.07, 6.45) is 0. The number of aromatic hydroxyl groups is 1. The van der Waals surface area contributed by atoms with Gasteiger partial charge in [-0.1, -0.05) is 47.6 Å². The Morgan fingerprint density at radius 1 is 1.09 bits per heavy atom. The van der Waals surface area contributed by atoms with Gasteiger partial charge in [0.25, 0.3) is 0 Å². The van der Waals surface area contributed by atoms with Gasteiger partial charge in [-0.3, -0.25) is 19.9 Å². The van der Waals surface area contributed by atoms with Crippen molar-refractivity contribution in [3.63, 3.8) is 0 Å². The number of phenolic OH excluding ortho intramolecular Hbond substituents is 1. The van der Waals surface area contributed by atoms with Crippen LogP contribution in [0.1, 0.15) is 88.1 Å². The molecule has 1 aliphatic heterocycles. The molecule has 1 aromatic heterocycles. The number of pyridine rings is 1. The van der Waals surface area contributed by atoms with E-state index < -0.39 is 0 Å². The topological polar surface area (TPSA) is 97.6 Å². The van der Waals surface area contributed by atoms with Crippen molar-refractivity contribution in [2.24, 2.45) is 0 Å². The number of ketones is 1. The highest BCUT2D eigenvalue weighted by Crippen LogP contribution is 2.40. The van der Waals surface area contributed by atoms with E-state index in [1.165, 1.54) is 6.92 Å². The fourth-order valence-corrected chi connectivity index (χ4v) is 4.28. The van der Waals surface area contributed by atoms with E-state index >= 15 is 0 Å². The third-order valence-electron chi connectivity index (χ3n) is 6.22. The van der Waals surface area contributed by atoms with Gasteiger partial charge in [-0.15, -0.1) is 0 Å². The number of hydrogen-bond acceptors (Lipinski definition) is 5. The lowest BCUT2D eigenvalue weighted by Gasteiger charge is -2.28. The fourth-order valence-electron chi connectivity index (χ4n) is 4.28. The molecule has 1 aromatic carbocycles. The molecule has 182 valence electrons. The normalized spacial score (nSPS) is 13.8. The summed E-state index contributed by atoms with van der Waals surface area (Å²) in [5.41, 5.74) is 2.69. The molecule has 0 radical (unpaired) electrons. The lowest BCUT2D eigenvalue weighted by atomic mass is 9.78. The van der Waals surface area contributed by atoms with Crippen LogP contribution in [0.15, 0.2) is 24.3 Å². The number of phenols is 1. The first-order chi connectivity index (χ1) is 15.6. The van der Waals surface area contributed by atoms with Gasteiger partial charge in [0.2, 0.25) is 5.91 Å². The van der Waals surface area contributed by atoms with E-state index in [0.29, 0.717) is 30.2 Å². The SMILES string of the molecule is CCN(C(C)=O)c1ccc2c(n1)C(=N)N(CC(=O)c1cc(C(C)(C)C)c(O)c(C(C)(C)C)c1)C2. The summed E-state index contributed by atoms with van der Waals surface area (Å²) in [6, 6.07) is 7.22. The number of nitrogens with one attached hydrogen (secondary N) is 1. The van der Waals surface area contributed by atoms with Gasteiger partial charge in [-0.25, -0.2) is 4.98 Å². The number of carbonyl (C=O) groups is 2. The van der Waals surface area contributed by atoms with Crippen LogP contribution in [0, 0.1) is 5.41 Å². The Morgan fingerprint density at radius 3 is 2.12 bits per heavy atom. The van der Waals surface area contributed by atoms with E-state index in [2.05, 4.69) is 4.98 Å². The molecule has 1 amide bonds. The van der Waals surface area contributed by atoms with Crippen LogP contribution in [-0.2, 0) is 22.2 Å². The molecule has 0 saturated heterocycles. The van der Waals surface area contributed by atoms with Crippen LogP contribution in [0.2, 0.25) is 0 Å². The summed E-state index contributed by atoms with van der Waals surface area (Å²) in [7, 11) is 0. The molecule has 1 aliphatic rings. The highest BCUT2D eigenvalue weighted by Gasteiger charge is 2.31. The summed E-state index contributed by atoms with van der Waals surface area (Å²) in [4.78, 5) is 33.1. The van der Waals surface area contributed by atoms with E-state index in [4.69, 9.17) is 5.41 Å². The number of carbonyl (C=O) groups excluding carboxylic acids is 2. The second-order valence-electron chi connectivity index (χ2n) is 11.0. The molecule has 7 nitrogen and oxygen atoms in total. The van der Waals surface area contributed by atoms with Crippen molar-refractivity contribution in [3.8, 4) is 5.75 Å². The molecular weight excluding hydrogens is 428 g/mol. The Hall–Kier alpha value is -3.22. The third kappa shape index (κ3) is 4.83. The minimum Gasteiger partial charge on any atom is -0.507 e. The van der Waals surface area contributed by atoms with E-state index in [1.807, 2.05) is 54.5 Å². The van der Waals surface area contributed by atoms with Gasteiger partial charge in [0.1, 0.15) is 23.1 Å². The quantitative estimate of drug-likeness (QED) is 0.621. The second kappa shape index (κ2) is 8.85. The predicted molar refractivity (Wildman–Crippen MR) is 135 cm³/mol. The number of amidine groups is 1. The average Bonchev–Trinajstić information content (AvgIpc) is 3.01. The summed E-state index contributed by atoms with van der Waals surface area (Å²) in [5.74, 6) is 0.696. The molecule has 0 spiro atoms. The maximum Gasteiger partial charge on any atom is 0.225 e. The Morgan fingerprint density at radius 2 is 1.65 bits per heavy atom. The van der Waals surface area contributed by atoms with Gasteiger partial charge in [-0.05, 0) is 36.0 Å². The lowest BCUT2D eigenvalue weighted by Crippen LogP contribution is -2.31. The minimum atomic E-state index is -0.334. The minimum absolute atomic E-state index is 0.0344. The molecule has 0 fully saturated rings. The smallest absolute Gasteiger partial charge is 0.225 e. The van der Waals surface area contributed by atoms with E-state index in [-0.39, 0.29) is 40.7 Å². The molecular formula is C27H36N4O3. The zero-order valence-corrected chi connectivity index (χ0v) is 21.5. The van der Waals surface area contributed by atoms with Crippen LogP contribution in [-0.4, -0.2) is 45.6 Å². The fraction of sp³-hybridized carbons (Fsp3) is 0.481. The Balaban J connectivity index is 1.91. The highest BCUT2D eigenvalue weighted by molar-refractivity contribution is 6.05. The number of rotatable bonds is 5. The van der Waals surface area contributed by atoms with Gasteiger partial charge < -0.3 is 10.0 Å². The molecule has 0 atom stereocenters. The molecule has 0 unspecified atom stereocenters. The number of benzene rings is 1. The van der Waals surface area contributed by atoms with Crippen molar-refractivity contribution in [1.82, 2.24) is 9.88 Å². The van der Waals surface area contributed by atoms with Crippen molar-refractivity contribution >= 4 is 23.3 Å². The Labute approximate surface area is 202 Å². The number of hydrogen-bond donors (Lipinski definition) is 2. The van der Waals surface area contributed by atoms with Gasteiger partial charge in [0, 0.05) is 42.3 Å². The zero-order valence-electron chi connectivity index (χ0n) is 21.5. The van der Waals surface area contributed by atoms with Crippen molar-refractivity contribution in [3.05, 3.63) is 52.2 Å². The summed E-state index contributed by atoms with van der Waals surface area (Å²) in [5, 5.41) is 19.6. The van der Waals surface area contributed by atoms with Crippen molar-refractivity contribution in [2.45, 2.75) is 72.8 Å². The van der Waals surface area contributed by atoms with Gasteiger partial charge >= 0.3 is 0 Å². The van der Waals surface area contributed by atoms with Crippen LogP contribution < -0.4 is 4.90 Å². The van der Waals surface area contributed by atoms with Crippen LogP contribution in [0.3, 0.4) is 0 Å². The molecule has 3 rings (SSSR count). The standard InChI is InChI=1S/C27H36N4O3/c1-9-31(16(2)32)22-11-10-17-14-30(25(28)23(17)29-22)15-21(33)18-12-19(26(3,4)5)24(34)20(13-18)27(6,7)8/h10-13,28,34H,9,14-15H2,1-8H3. The summed E-state index contributed by atoms with van der Waals surface area (Å²) in [6.45, 7) is 16.4. The van der Waals surface area contributed by atoms with Gasteiger partial charge in [0.15, 0.2) is 5.78 Å². The van der Waals surface area contributed by atoms with Crippen molar-refractivity contribution in [1.29, 1.82) is 5.41 Å². The van der Waals surface area contributed by atoms with E-state index in [1.54, 1.807) is 28.0 Å². The highest BCUT2D eigenvalue weighted by atomic mass is 16.3. The summed E-state index contributed by atoms with van der Waals surface area (Å²) < 4.78 is 0. The molecule has 2 aromatic rings. The monoisotopic (exact) mass is 464 g/mol. The van der Waals surface area contributed by atoms with E-state index in [9.17, 15) is 14.7 Å². The van der Waals surface area contributed by atoms with Crippen LogP contribution in [0.5, 0.6) is 5.75 Å². The molecule has 0 aliphatic carbocycles. The Kier molecular flexibility index (Phi) is 6.62. The molecule has 2 N–H and O–H groups in total. The molecule has 7 heteroatoms. The van der Waals surface area contributed by atoms with Crippen LogP contribution >= 0.6 is 0 Å². The maximum atomic E-state index is 13.4.